The van der Waals surface area contributed by atoms with Gasteiger partial charge in [0.1, 0.15) is 17.6 Å². The predicted octanol–water partition coefficient (Wildman–Crippen LogP) is 0.714. The van der Waals surface area contributed by atoms with Crippen LogP contribution >= 0.6 is 0 Å². The summed E-state index contributed by atoms with van der Waals surface area (Å²) in [5, 5.41) is 11.7. The lowest BCUT2D eigenvalue weighted by atomic mass is 10.3. The van der Waals surface area contributed by atoms with Gasteiger partial charge in [-0.1, -0.05) is 6.07 Å². The van der Waals surface area contributed by atoms with Crippen LogP contribution in [0.15, 0.2) is 18.2 Å². The molecule has 1 aromatic rings. The van der Waals surface area contributed by atoms with E-state index in [-0.39, 0.29) is 0 Å². The second kappa shape index (κ2) is 5.12. The summed E-state index contributed by atoms with van der Waals surface area (Å²) < 4.78 is 0. The van der Waals surface area contributed by atoms with E-state index < -0.39 is 0 Å². The van der Waals surface area contributed by atoms with Crippen LogP contribution in [0.1, 0.15) is 12.1 Å². The summed E-state index contributed by atoms with van der Waals surface area (Å²) in [5.41, 5.74) is 5.76. The van der Waals surface area contributed by atoms with Gasteiger partial charge in [0.2, 0.25) is 0 Å². The number of pyridine rings is 1. The largest absolute Gasteiger partial charge is 0.370 e. The van der Waals surface area contributed by atoms with Gasteiger partial charge in [-0.15, -0.1) is 0 Å². The first kappa shape index (κ1) is 9.49. The standard InChI is InChI=1S/C9H12N4/c10-5-2-6-12-9-4-1-3-8(7-11)13-9/h1,3-4H,2,5-6,10H2,(H,12,13). The zero-order valence-corrected chi connectivity index (χ0v) is 7.33. The third kappa shape index (κ3) is 3.09. The molecule has 68 valence electrons. The Hall–Kier alpha value is -1.60. The van der Waals surface area contributed by atoms with E-state index in [4.69, 9.17) is 11.0 Å². The van der Waals surface area contributed by atoms with E-state index in [9.17, 15) is 0 Å². The summed E-state index contributed by atoms with van der Waals surface area (Å²) >= 11 is 0. The molecule has 0 unspecified atom stereocenters. The summed E-state index contributed by atoms with van der Waals surface area (Å²) in [6, 6.07) is 7.29. The number of hydrogen-bond acceptors (Lipinski definition) is 4. The molecule has 4 nitrogen and oxygen atoms in total. The highest BCUT2D eigenvalue weighted by atomic mass is 15.0. The topological polar surface area (TPSA) is 74.7 Å². The van der Waals surface area contributed by atoms with Gasteiger partial charge in [0, 0.05) is 6.54 Å². The van der Waals surface area contributed by atoms with Crippen LogP contribution in [0.2, 0.25) is 0 Å². The summed E-state index contributed by atoms with van der Waals surface area (Å²) in [7, 11) is 0. The highest BCUT2D eigenvalue weighted by molar-refractivity contribution is 5.38. The maximum absolute atomic E-state index is 8.57. The molecule has 0 amide bonds. The molecule has 0 radical (unpaired) electrons. The van der Waals surface area contributed by atoms with Gasteiger partial charge < -0.3 is 11.1 Å². The third-order valence-electron chi connectivity index (χ3n) is 1.55. The second-order valence-corrected chi connectivity index (χ2v) is 2.59. The molecule has 0 fully saturated rings. The Balaban J connectivity index is 2.52. The molecule has 0 bridgehead atoms. The summed E-state index contributed by atoms with van der Waals surface area (Å²) in [6.07, 6.45) is 0.901. The molecule has 0 aliphatic heterocycles. The lowest BCUT2D eigenvalue weighted by molar-refractivity contribution is 0.870. The first-order chi connectivity index (χ1) is 6.36. The van der Waals surface area contributed by atoms with Gasteiger partial charge >= 0.3 is 0 Å². The van der Waals surface area contributed by atoms with Crippen molar-refractivity contribution in [1.82, 2.24) is 4.98 Å². The SMILES string of the molecule is N#Cc1cccc(NCCCN)n1. The number of nitrogens with one attached hydrogen (secondary N) is 1. The first-order valence-corrected chi connectivity index (χ1v) is 4.18. The quantitative estimate of drug-likeness (QED) is 0.663. The predicted molar refractivity (Wildman–Crippen MR) is 51.1 cm³/mol. The average Bonchev–Trinajstić information content (AvgIpc) is 2.19. The Labute approximate surface area is 77.4 Å². The molecule has 1 rings (SSSR count). The van der Waals surface area contributed by atoms with E-state index in [0.717, 1.165) is 18.8 Å². The third-order valence-corrected chi connectivity index (χ3v) is 1.55. The molecule has 0 saturated heterocycles. The van der Waals surface area contributed by atoms with Crippen molar-refractivity contribution in [3.05, 3.63) is 23.9 Å². The van der Waals surface area contributed by atoms with E-state index in [1.807, 2.05) is 12.1 Å². The minimum absolute atomic E-state index is 0.428. The fourth-order valence-corrected chi connectivity index (χ4v) is 0.914. The van der Waals surface area contributed by atoms with Gasteiger partial charge in [-0.2, -0.15) is 5.26 Å². The number of rotatable bonds is 4. The molecular weight excluding hydrogens is 164 g/mol. The first-order valence-electron chi connectivity index (χ1n) is 4.18. The number of aromatic nitrogens is 1. The Kier molecular flexibility index (Phi) is 3.74. The molecule has 4 heteroatoms. The van der Waals surface area contributed by atoms with Crippen molar-refractivity contribution in [2.24, 2.45) is 5.73 Å². The fourth-order valence-electron chi connectivity index (χ4n) is 0.914. The van der Waals surface area contributed by atoms with Gasteiger partial charge in [0.25, 0.3) is 0 Å². The van der Waals surface area contributed by atoms with Gasteiger partial charge in [0.15, 0.2) is 0 Å². The zero-order chi connectivity index (χ0) is 9.52. The van der Waals surface area contributed by atoms with Crippen LogP contribution in [0, 0.1) is 11.3 Å². The normalized spacial score (nSPS) is 9.23. The molecule has 0 aromatic carbocycles. The smallest absolute Gasteiger partial charge is 0.142 e. The molecule has 3 N–H and O–H groups in total. The molecule has 0 saturated carbocycles. The van der Waals surface area contributed by atoms with E-state index >= 15 is 0 Å². The maximum Gasteiger partial charge on any atom is 0.142 e. The molecule has 0 aliphatic carbocycles. The van der Waals surface area contributed by atoms with E-state index in [0.29, 0.717) is 12.2 Å². The summed E-state index contributed by atoms with van der Waals surface area (Å²) in [5.74, 6) is 0.729. The van der Waals surface area contributed by atoms with Crippen molar-refractivity contribution < 1.29 is 0 Å². The second-order valence-electron chi connectivity index (χ2n) is 2.59. The number of nitrogens with two attached hydrogens (primary N) is 1. The molecule has 1 aromatic heterocycles. The van der Waals surface area contributed by atoms with Gasteiger partial charge in [-0.3, -0.25) is 0 Å². The fraction of sp³-hybridized carbons (Fsp3) is 0.333. The maximum atomic E-state index is 8.57. The molecule has 13 heavy (non-hydrogen) atoms. The van der Waals surface area contributed by atoms with Crippen LogP contribution in [-0.4, -0.2) is 18.1 Å². The van der Waals surface area contributed by atoms with Gasteiger partial charge in [-0.05, 0) is 25.1 Å². The van der Waals surface area contributed by atoms with Crippen LogP contribution < -0.4 is 11.1 Å². The van der Waals surface area contributed by atoms with Crippen molar-refractivity contribution in [3.8, 4) is 6.07 Å². The lowest BCUT2D eigenvalue weighted by Gasteiger charge is -2.03. The Bertz CT molecular complexity index is 303. The van der Waals surface area contributed by atoms with Gasteiger partial charge in [0.05, 0.1) is 0 Å². The van der Waals surface area contributed by atoms with Crippen LogP contribution in [-0.2, 0) is 0 Å². The Morgan fingerprint density at radius 2 is 2.38 bits per heavy atom. The Morgan fingerprint density at radius 3 is 3.08 bits per heavy atom. The molecule has 1 heterocycles. The van der Waals surface area contributed by atoms with E-state index in [1.54, 1.807) is 12.1 Å². The number of nitriles is 1. The van der Waals surface area contributed by atoms with Crippen LogP contribution in [0.5, 0.6) is 0 Å². The zero-order valence-electron chi connectivity index (χ0n) is 7.33. The van der Waals surface area contributed by atoms with Crippen LogP contribution in [0.25, 0.3) is 0 Å². The lowest BCUT2D eigenvalue weighted by Crippen LogP contribution is -2.09. The molecule has 0 spiro atoms. The van der Waals surface area contributed by atoms with Crippen molar-refractivity contribution in [2.45, 2.75) is 6.42 Å². The number of hydrogen-bond donors (Lipinski definition) is 2. The Morgan fingerprint density at radius 1 is 1.54 bits per heavy atom. The molecular formula is C9H12N4. The van der Waals surface area contributed by atoms with Crippen molar-refractivity contribution in [2.75, 3.05) is 18.4 Å². The van der Waals surface area contributed by atoms with E-state index in [2.05, 4.69) is 10.3 Å². The molecule has 0 atom stereocenters. The average molecular weight is 176 g/mol. The highest BCUT2D eigenvalue weighted by Gasteiger charge is 1.94. The highest BCUT2D eigenvalue weighted by Crippen LogP contribution is 2.03. The summed E-state index contributed by atoms with van der Waals surface area (Å²) in [6.45, 7) is 1.45. The minimum atomic E-state index is 0.428. The van der Waals surface area contributed by atoms with Crippen LogP contribution in [0.3, 0.4) is 0 Å². The summed E-state index contributed by atoms with van der Waals surface area (Å²) in [4.78, 5) is 4.05. The van der Waals surface area contributed by atoms with Crippen molar-refractivity contribution in [1.29, 1.82) is 5.26 Å². The number of nitrogens with zero attached hydrogens (tertiary/aromatic N) is 2. The van der Waals surface area contributed by atoms with Crippen molar-refractivity contribution >= 4 is 5.82 Å². The number of anilines is 1. The minimum Gasteiger partial charge on any atom is -0.370 e. The van der Waals surface area contributed by atoms with Crippen molar-refractivity contribution in [3.63, 3.8) is 0 Å². The molecule has 0 aliphatic rings. The monoisotopic (exact) mass is 176 g/mol. The van der Waals surface area contributed by atoms with E-state index in [1.165, 1.54) is 0 Å². The van der Waals surface area contributed by atoms with Crippen LogP contribution in [0.4, 0.5) is 5.82 Å². The van der Waals surface area contributed by atoms with Gasteiger partial charge in [-0.25, -0.2) is 4.98 Å².